The second kappa shape index (κ2) is 12.3. The Kier molecular flexibility index (Phi) is 9.98. The first kappa shape index (κ1) is 28.3. The van der Waals surface area contributed by atoms with Gasteiger partial charge in [0, 0.05) is 0 Å². The zero-order chi connectivity index (χ0) is 25.4. The molecule has 0 aliphatic heterocycles. The van der Waals surface area contributed by atoms with Gasteiger partial charge in [-0.05, 0) is 0 Å². The molecule has 0 bridgehead atoms. The first-order valence-corrected chi connectivity index (χ1v) is 19.6. The van der Waals surface area contributed by atoms with Crippen molar-refractivity contribution >= 4 is 43.9 Å². The number of hydrogen-bond acceptors (Lipinski definition) is 2. The molecule has 0 aliphatic rings. The molecule has 35 heavy (non-hydrogen) atoms. The predicted molar refractivity (Wildman–Crippen MR) is 163 cm³/mol. The summed E-state index contributed by atoms with van der Waals surface area (Å²) < 4.78 is 13.5. The number of hydrogen-bond donors (Lipinski definition) is 1. The van der Waals surface area contributed by atoms with Crippen molar-refractivity contribution in [3.8, 4) is 0 Å². The number of benzene rings is 3. The molecule has 0 fully saturated rings. The first-order valence-electron chi connectivity index (χ1n) is 13.0. The third-order valence-electron chi connectivity index (χ3n) is 7.45. The summed E-state index contributed by atoms with van der Waals surface area (Å²) in [5.41, 5.74) is 0. The molecule has 0 amide bonds. The van der Waals surface area contributed by atoms with Gasteiger partial charge in [-0.2, -0.15) is 0 Å². The molecule has 0 radical (unpaired) electrons. The van der Waals surface area contributed by atoms with Crippen LogP contribution in [0.3, 0.4) is 0 Å². The Labute approximate surface area is 221 Å². The molecule has 190 valence electrons. The summed E-state index contributed by atoms with van der Waals surface area (Å²) in [6.07, 6.45) is 4.70. The van der Waals surface area contributed by atoms with Crippen molar-refractivity contribution in [3.63, 3.8) is 0 Å². The van der Waals surface area contributed by atoms with Crippen LogP contribution in [-0.4, -0.2) is 30.8 Å². The minimum atomic E-state index is -2.86. The molecule has 0 aliphatic carbocycles. The van der Waals surface area contributed by atoms with Gasteiger partial charge in [0.15, 0.2) is 0 Å². The maximum absolute atomic E-state index is 13.5. The normalized spacial score (nSPS) is 14.4. The Morgan fingerprint density at radius 2 is 1.14 bits per heavy atom. The number of halogens is 1. The van der Waals surface area contributed by atoms with Crippen molar-refractivity contribution in [2.24, 2.45) is 5.92 Å². The summed E-state index contributed by atoms with van der Waals surface area (Å²) in [6, 6.07) is 33.0. The van der Waals surface area contributed by atoms with E-state index < -0.39 is 12.4 Å². The van der Waals surface area contributed by atoms with Crippen LogP contribution >= 0.6 is 27.9 Å². The van der Waals surface area contributed by atoms with Gasteiger partial charge in [0.25, 0.3) is 0 Å². The molecule has 0 saturated heterocycles. The van der Waals surface area contributed by atoms with E-state index >= 15 is 0 Å². The molecule has 3 rings (SSSR count). The SMILES string of the molecule is CCP(=O)(CC)C(NCCCCP(Br)(c1ccccc1)(c1ccccc1)c1ccccc1)C(C)C. The van der Waals surface area contributed by atoms with Gasteiger partial charge < -0.3 is 0 Å². The zero-order valence-corrected chi connectivity index (χ0v) is 25.1. The molecule has 5 heteroatoms. The van der Waals surface area contributed by atoms with Gasteiger partial charge >= 0.3 is 222 Å². The molecule has 2 nitrogen and oxygen atoms in total. The fourth-order valence-corrected chi connectivity index (χ4v) is 15.9. The Morgan fingerprint density at radius 3 is 1.49 bits per heavy atom. The summed E-state index contributed by atoms with van der Waals surface area (Å²) in [5.74, 6) is 0.475. The Balaban J connectivity index is 1.92. The molecule has 3 aromatic rings. The quantitative estimate of drug-likeness (QED) is 0.169. The van der Waals surface area contributed by atoms with Crippen molar-refractivity contribution in [1.82, 2.24) is 5.32 Å². The average molecular weight is 575 g/mol. The zero-order valence-electron chi connectivity index (χ0n) is 21.7. The van der Waals surface area contributed by atoms with Gasteiger partial charge in [-0.3, -0.25) is 0 Å². The van der Waals surface area contributed by atoms with E-state index in [1.54, 1.807) is 0 Å². The molecule has 1 N–H and O–H groups in total. The molecule has 1 unspecified atom stereocenters. The van der Waals surface area contributed by atoms with Crippen molar-refractivity contribution in [1.29, 1.82) is 0 Å². The molecular formula is C30H42BrNOP2. The average Bonchev–Trinajstić information content (AvgIpc) is 2.91. The van der Waals surface area contributed by atoms with Crippen molar-refractivity contribution < 1.29 is 4.57 Å². The van der Waals surface area contributed by atoms with Crippen LogP contribution in [0.25, 0.3) is 0 Å². The van der Waals surface area contributed by atoms with E-state index in [1.807, 2.05) is 0 Å². The van der Waals surface area contributed by atoms with E-state index in [1.165, 1.54) is 15.9 Å². The van der Waals surface area contributed by atoms with Crippen molar-refractivity contribution in [2.45, 2.75) is 46.3 Å². The predicted octanol–water partition coefficient (Wildman–Crippen LogP) is 7.58. The maximum atomic E-state index is 13.5. The second-order valence-electron chi connectivity index (χ2n) is 9.85. The van der Waals surface area contributed by atoms with Crippen LogP contribution in [0.5, 0.6) is 0 Å². The fraction of sp³-hybridized carbons (Fsp3) is 0.400. The molecule has 0 spiro atoms. The monoisotopic (exact) mass is 573 g/mol. The van der Waals surface area contributed by atoms with E-state index in [4.69, 9.17) is 0 Å². The fourth-order valence-electron chi connectivity index (χ4n) is 5.40. The van der Waals surface area contributed by atoms with Crippen LogP contribution in [-0.2, 0) is 4.57 Å². The van der Waals surface area contributed by atoms with Gasteiger partial charge in [0.05, 0.1) is 0 Å². The summed E-state index contributed by atoms with van der Waals surface area (Å²) in [7, 11) is -2.20. The van der Waals surface area contributed by atoms with Crippen LogP contribution in [0.4, 0.5) is 0 Å². The van der Waals surface area contributed by atoms with E-state index in [2.05, 4.69) is 139 Å². The van der Waals surface area contributed by atoms with Crippen molar-refractivity contribution in [2.75, 3.05) is 25.0 Å². The van der Waals surface area contributed by atoms with E-state index in [-0.39, 0.29) is 5.78 Å². The van der Waals surface area contributed by atoms with E-state index in [9.17, 15) is 4.57 Å². The summed E-state index contributed by atoms with van der Waals surface area (Å²) in [5, 5.41) is 4.96. The Morgan fingerprint density at radius 1 is 0.743 bits per heavy atom. The van der Waals surface area contributed by atoms with Gasteiger partial charge in [-0.15, -0.1) is 0 Å². The third kappa shape index (κ3) is 5.86. The van der Waals surface area contributed by atoms with Gasteiger partial charge in [-0.1, -0.05) is 0 Å². The summed E-state index contributed by atoms with van der Waals surface area (Å²) in [4.78, 5) is 0. The summed E-state index contributed by atoms with van der Waals surface area (Å²) in [6.45, 7) is 9.44. The van der Waals surface area contributed by atoms with Gasteiger partial charge in [-0.25, -0.2) is 0 Å². The van der Waals surface area contributed by atoms with Crippen LogP contribution in [0.1, 0.15) is 40.5 Å². The number of nitrogens with one attached hydrogen (secondary N) is 1. The van der Waals surface area contributed by atoms with Crippen LogP contribution in [0.2, 0.25) is 0 Å². The first-order chi connectivity index (χ1) is 16.8. The minimum absolute atomic E-state index is 0.106. The molecular weight excluding hydrogens is 532 g/mol. The van der Waals surface area contributed by atoms with Gasteiger partial charge in [0.2, 0.25) is 0 Å². The Hall–Kier alpha value is -1.24. The second-order valence-corrected chi connectivity index (χ2v) is 22.6. The third-order valence-corrected chi connectivity index (χ3v) is 21.4. The molecule has 0 heterocycles. The van der Waals surface area contributed by atoms with Crippen LogP contribution in [0, 0.1) is 5.92 Å². The van der Waals surface area contributed by atoms with Crippen LogP contribution < -0.4 is 21.2 Å². The van der Waals surface area contributed by atoms with E-state index in [0.29, 0.717) is 5.92 Å². The Bertz CT molecular complexity index is 982. The van der Waals surface area contributed by atoms with Crippen LogP contribution in [0.15, 0.2) is 91.0 Å². The number of unbranched alkanes of at least 4 members (excludes halogenated alkanes) is 1. The summed E-state index contributed by atoms with van der Waals surface area (Å²) >= 11 is 4.54. The van der Waals surface area contributed by atoms with Gasteiger partial charge in [0.1, 0.15) is 0 Å². The molecule has 3 aromatic carbocycles. The molecule has 0 saturated carbocycles. The van der Waals surface area contributed by atoms with E-state index in [0.717, 1.165) is 37.9 Å². The van der Waals surface area contributed by atoms with Crippen molar-refractivity contribution in [3.05, 3.63) is 91.0 Å². The molecule has 0 aromatic heterocycles. The topological polar surface area (TPSA) is 29.1 Å². The standard InChI is InChI=1S/C30H42BrNOP2/c1-5-34(33,6-2)30(26(3)4)32-24-16-17-25-35(31,27-18-10-7-11-19-27,28-20-12-8-13-21-28)29-22-14-9-15-23-29/h7-15,18-23,26,30,32H,5-6,16-17,24-25H2,1-4H3. The molecule has 1 atom stereocenters. The number of rotatable bonds is 13.